The number of carbonyl (C=O) groups is 3. The van der Waals surface area contributed by atoms with Gasteiger partial charge >= 0.3 is 11.9 Å². The van der Waals surface area contributed by atoms with E-state index in [2.05, 4.69) is 19.1 Å². The van der Waals surface area contributed by atoms with E-state index in [4.69, 9.17) is 18.9 Å². The highest BCUT2D eigenvalue weighted by molar-refractivity contribution is 5.91. The molecule has 7 atom stereocenters. The molecule has 0 aromatic carbocycles. The van der Waals surface area contributed by atoms with Gasteiger partial charge in [-0.3, -0.25) is 14.4 Å². The summed E-state index contributed by atoms with van der Waals surface area (Å²) in [4.78, 5) is 36.5. The average molecular weight is 533 g/mol. The second-order valence-corrected chi connectivity index (χ2v) is 11.2. The quantitative estimate of drug-likeness (QED) is 0.116. The molecule has 1 aliphatic heterocycles. The van der Waals surface area contributed by atoms with Gasteiger partial charge < -0.3 is 18.9 Å². The molecule has 3 rings (SSSR count). The maximum absolute atomic E-state index is 13.1. The summed E-state index contributed by atoms with van der Waals surface area (Å²) < 4.78 is 22.8. The minimum atomic E-state index is -0.302. The van der Waals surface area contributed by atoms with Crippen molar-refractivity contribution < 1.29 is 33.3 Å². The summed E-state index contributed by atoms with van der Waals surface area (Å²) in [6, 6.07) is 0. The number of methoxy groups -OCH3 is 1. The van der Waals surface area contributed by atoms with Gasteiger partial charge in [-0.15, -0.1) is 0 Å². The van der Waals surface area contributed by atoms with Crippen LogP contribution in [0.15, 0.2) is 24.3 Å². The molecule has 7 heteroatoms. The highest BCUT2D eigenvalue weighted by Gasteiger charge is 2.45. The van der Waals surface area contributed by atoms with Crippen LogP contribution in [0, 0.1) is 23.7 Å². The molecule has 0 spiro atoms. The first-order valence-corrected chi connectivity index (χ1v) is 14.8. The number of rotatable bonds is 14. The summed E-state index contributed by atoms with van der Waals surface area (Å²) in [6.45, 7) is 4.35. The second-order valence-electron chi connectivity index (χ2n) is 11.2. The lowest BCUT2D eigenvalue weighted by Gasteiger charge is -2.29. The first-order chi connectivity index (χ1) is 18.4. The molecular formula is C31H48O7. The van der Waals surface area contributed by atoms with E-state index in [1.165, 1.54) is 26.9 Å². The number of hydrogen-bond donors (Lipinski definition) is 0. The molecule has 7 nitrogen and oxygen atoms in total. The van der Waals surface area contributed by atoms with E-state index in [-0.39, 0.29) is 54.0 Å². The van der Waals surface area contributed by atoms with Gasteiger partial charge in [-0.2, -0.15) is 0 Å². The largest absolute Gasteiger partial charge is 0.469 e. The van der Waals surface area contributed by atoms with Crippen molar-refractivity contribution in [1.29, 1.82) is 0 Å². The van der Waals surface area contributed by atoms with E-state index in [1.54, 1.807) is 6.08 Å². The van der Waals surface area contributed by atoms with E-state index in [0.29, 0.717) is 31.8 Å². The number of unbranched alkanes of at least 4 members (excludes halogenated alkanes) is 1. The number of ether oxygens (including phenoxy) is 4. The molecule has 0 amide bonds. The number of allylic oxidation sites excluding steroid dienone is 3. The van der Waals surface area contributed by atoms with Gasteiger partial charge in [0, 0.05) is 44.1 Å². The summed E-state index contributed by atoms with van der Waals surface area (Å²) >= 11 is 0. The lowest BCUT2D eigenvalue weighted by Crippen LogP contribution is -2.30. The van der Waals surface area contributed by atoms with Crippen molar-refractivity contribution in [2.24, 2.45) is 23.7 Å². The van der Waals surface area contributed by atoms with Gasteiger partial charge in [-0.05, 0) is 69.8 Å². The van der Waals surface area contributed by atoms with Crippen LogP contribution < -0.4 is 0 Å². The molecule has 1 saturated heterocycles. The van der Waals surface area contributed by atoms with E-state index in [1.807, 2.05) is 6.08 Å². The molecule has 2 saturated carbocycles. The van der Waals surface area contributed by atoms with Crippen LogP contribution in [0.25, 0.3) is 0 Å². The fourth-order valence-corrected chi connectivity index (χ4v) is 6.35. The molecule has 0 aromatic rings. The van der Waals surface area contributed by atoms with Crippen LogP contribution >= 0.6 is 0 Å². The normalized spacial score (nSPS) is 31.7. The van der Waals surface area contributed by atoms with Crippen LogP contribution in [0.5, 0.6) is 0 Å². The molecule has 1 heterocycles. The maximum Gasteiger partial charge on any atom is 0.305 e. The molecule has 3 fully saturated rings. The van der Waals surface area contributed by atoms with E-state index < -0.39 is 0 Å². The summed E-state index contributed by atoms with van der Waals surface area (Å²) in [7, 11) is 1.40. The Morgan fingerprint density at radius 2 is 1.87 bits per heavy atom. The van der Waals surface area contributed by atoms with Gasteiger partial charge in [0.2, 0.25) is 0 Å². The van der Waals surface area contributed by atoms with Gasteiger partial charge in [0.05, 0.1) is 13.2 Å². The van der Waals surface area contributed by atoms with Crippen molar-refractivity contribution in [2.75, 3.05) is 13.7 Å². The van der Waals surface area contributed by atoms with Crippen LogP contribution in [0.2, 0.25) is 0 Å². The second kappa shape index (κ2) is 16.2. The SMILES string of the molecule is CCCC1CCC(C(=O)/C=C/[C@@H]2[C@@H](C/C=C\CCCC(=O)OC)[C@@H](OC(C)=O)C[C@H]2OC2CCCCO2)C1. The first kappa shape index (κ1) is 30.6. The zero-order valence-corrected chi connectivity index (χ0v) is 23.6. The fraction of sp³-hybridized carbons (Fsp3) is 0.774. The van der Waals surface area contributed by atoms with Gasteiger partial charge in [-0.1, -0.05) is 38.0 Å². The Hall–Kier alpha value is -1.99. The summed E-state index contributed by atoms with van der Waals surface area (Å²) in [5, 5.41) is 0. The zero-order valence-electron chi connectivity index (χ0n) is 23.6. The fourth-order valence-electron chi connectivity index (χ4n) is 6.35. The molecule has 2 aliphatic carbocycles. The first-order valence-electron chi connectivity index (χ1n) is 14.8. The van der Waals surface area contributed by atoms with Crippen molar-refractivity contribution in [3.05, 3.63) is 24.3 Å². The third kappa shape index (κ3) is 9.64. The Morgan fingerprint density at radius 3 is 2.58 bits per heavy atom. The zero-order chi connectivity index (χ0) is 27.3. The predicted octanol–water partition coefficient (Wildman–Crippen LogP) is 6.10. The predicted molar refractivity (Wildman–Crippen MR) is 145 cm³/mol. The Bertz CT molecular complexity index is 813. The van der Waals surface area contributed by atoms with Gasteiger partial charge in [0.1, 0.15) is 6.10 Å². The molecule has 0 aromatic heterocycles. The maximum atomic E-state index is 13.1. The highest BCUT2D eigenvalue weighted by Crippen LogP contribution is 2.41. The van der Waals surface area contributed by atoms with E-state index >= 15 is 0 Å². The van der Waals surface area contributed by atoms with Gasteiger partial charge in [0.25, 0.3) is 0 Å². The lowest BCUT2D eigenvalue weighted by atomic mass is 9.88. The highest BCUT2D eigenvalue weighted by atomic mass is 16.7. The number of esters is 2. The molecule has 0 radical (unpaired) electrons. The molecular weight excluding hydrogens is 484 g/mol. The van der Waals surface area contributed by atoms with Crippen LogP contribution in [0.1, 0.15) is 97.3 Å². The summed E-state index contributed by atoms with van der Waals surface area (Å²) in [6.07, 6.45) is 18.9. The summed E-state index contributed by atoms with van der Waals surface area (Å²) in [5.74, 6) is 0.437. The molecule has 0 N–H and O–H groups in total. The third-order valence-corrected chi connectivity index (χ3v) is 8.33. The Kier molecular flexibility index (Phi) is 13.0. The molecule has 0 bridgehead atoms. The standard InChI is InChI=1S/C31H48O7/c1-4-11-23-15-16-24(20-23)27(33)18-17-26-25(12-7-5-6-8-13-30(34)35-3)28(37-22(2)32)21-29(26)38-31-14-9-10-19-36-31/h5,7,17-18,23-26,28-29,31H,4,6,8-16,19-21H2,1-3H3/b7-5-,18-17+/t23?,24?,25-,26-,28+,29-,31?/m1/s1. The van der Waals surface area contributed by atoms with Gasteiger partial charge in [0.15, 0.2) is 12.1 Å². The average Bonchev–Trinajstić information content (AvgIpc) is 3.49. The Balaban J connectivity index is 1.70. The summed E-state index contributed by atoms with van der Waals surface area (Å²) in [5.41, 5.74) is 0. The topological polar surface area (TPSA) is 88.1 Å². The molecule has 214 valence electrons. The van der Waals surface area contributed by atoms with Crippen molar-refractivity contribution in [1.82, 2.24) is 0 Å². The lowest BCUT2D eigenvalue weighted by molar-refractivity contribution is -0.193. The Morgan fingerprint density at radius 1 is 1.03 bits per heavy atom. The minimum absolute atomic E-state index is 0.00446. The third-order valence-electron chi connectivity index (χ3n) is 8.33. The van der Waals surface area contributed by atoms with E-state index in [9.17, 15) is 14.4 Å². The van der Waals surface area contributed by atoms with Crippen molar-refractivity contribution >= 4 is 17.7 Å². The van der Waals surface area contributed by atoms with Crippen LogP contribution in [-0.2, 0) is 33.3 Å². The van der Waals surface area contributed by atoms with Crippen molar-refractivity contribution in [2.45, 2.75) is 116 Å². The van der Waals surface area contributed by atoms with Crippen LogP contribution in [0.3, 0.4) is 0 Å². The number of carbonyl (C=O) groups excluding carboxylic acids is 3. The molecule has 38 heavy (non-hydrogen) atoms. The van der Waals surface area contributed by atoms with Gasteiger partial charge in [-0.25, -0.2) is 0 Å². The molecule has 3 aliphatic rings. The van der Waals surface area contributed by atoms with E-state index in [0.717, 1.165) is 51.4 Å². The monoisotopic (exact) mass is 532 g/mol. The van der Waals surface area contributed by atoms with Crippen LogP contribution in [0.4, 0.5) is 0 Å². The molecule has 3 unspecified atom stereocenters. The number of ketones is 1. The minimum Gasteiger partial charge on any atom is -0.469 e. The van der Waals surface area contributed by atoms with Crippen molar-refractivity contribution in [3.8, 4) is 0 Å². The Labute approximate surface area is 228 Å². The van der Waals surface area contributed by atoms with Crippen molar-refractivity contribution in [3.63, 3.8) is 0 Å². The van der Waals surface area contributed by atoms with Crippen LogP contribution in [-0.4, -0.2) is 49.9 Å². The number of hydrogen-bond acceptors (Lipinski definition) is 7. The smallest absolute Gasteiger partial charge is 0.305 e.